The number of imidazole rings is 1. The van der Waals surface area contributed by atoms with E-state index in [1.54, 1.807) is 6.20 Å². The molecule has 5 N–H and O–H groups in total. The van der Waals surface area contributed by atoms with Crippen molar-refractivity contribution in [2.75, 3.05) is 17.6 Å². The first-order valence-electron chi connectivity index (χ1n) is 6.34. The van der Waals surface area contributed by atoms with Gasteiger partial charge in [-0.3, -0.25) is 0 Å². The molecule has 0 fully saturated rings. The number of hydrogen-bond donors (Lipinski definition) is 4. The van der Waals surface area contributed by atoms with Gasteiger partial charge in [0.2, 0.25) is 0 Å². The van der Waals surface area contributed by atoms with Crippen LogP contribution in [0.4, 0.5) is 20.8 Å². The minimum Gasteiger partial charge on any atom is -0.369 e. The highest BCUT2D eigenvalue weighted by Crippen LogP contribution is 2.18. The third kappa shape index (κ3) is 4.64. The first-order chi connectivity index (χ1) is 10.0. The summed E-state index contributed by atoms with van der Waals surface area (Å²) in [4.78, 5) is 18.4. The van der Waals surface area contributed by atoms with Crippen LogP contribution in [0, 0.1) is 5.82 Å². The lowest BCUT2D eigenvalue weighted by Crippen LogP contribution is -2.29. The molecule has 2 rings (SSSR count). The lowest BCUT2D eigenvalue weighted by atomic mass is 10.2. The Hall–Kier alpha value is -2.28. The zero-order valence-corrected chi connectivity index (χ0v) is 11.9. The van der Waals surface area contributed by atoms with E-state index in [0.29, 0.717) is 18.2 Å². The summed E-state index contributed by atoms with van der Waals surface area (Å²) < 4.78 is 13.2. The summed E-state index contributed by atoms with van der Waals surface area (Å²) >= 11 is 5.56. The molecule has 2 aromatic rings. The number of nitrogens with two attached hydrogens (primary N) is 1. The summed E-state index contributed by atoms with van der Waals surface area (Å²) in [5, 5.41) is 5.21. The number of halogens is 2. The number of urea groups is 1. The molecule has 0 bridgehead atoms. The summed E-state index contributed by atoms with van der Waals surface area (Å²) in [6.07, 6.45) is 3.11. The van der Waals surface area contributed by atoms with E-state index in [9.17, 15) is 9.18 Å². The molecule has 0 aliphatic heterocycles. The van der Waals surface area contributed by atoms with Gasteiger partial charge in [-0.25, -0.2) is 14.2 Å². The third-order valence-electron chi connectivity index (χ3n) is 2.73. The van der Waals surface area contributed by atoms with Gasteiger partial charge >= 0.3 is 6.03 Å². The molecule has 2 amide bonds. The first-order valence-corrected chi connectivity index (χ1v) is 6.71. The molecule has 1 aromatic heterocycles. The number of anilines is 2. The number of amides is 2. The maximum absolute atomic E-state index is 13.2. The Kier molecular flexibility index (Phi) is 4.99. The Bertz CT molecular complexity index is 631. The number of nitrogens with zero attached hydrogens (tertiary/aromatic N) is 1. The van der Waals surface area contributed by atoms with Gasteiger partial charge in [0.15, 0.2) is 5.95 Å². The number of benzene rings is 1. The summed E-state index contributed by atoms with van der Waals surface area (Å²) in [5.41, 5.74) is 6.71. The summed E-state index contributed by atoms with van der Waals surface area (Å²) in [6, 6.07) is 3.67. The number of carbonyl (C=O) groups is 1. The van der Waals surface area contributed by atoms with E-state index in [4.69, 9.17) is 17.3 Å². The summed E-state index contributed by atoms with van der Waals surface area (Å²) in [6.45, 7) is 0.473. The van der Waals surface area contributed by atoms with Crippen LogP contribution >= 0.6 is 11.6 Å². The number of aromatic nitrogens is 2. The largest absolute Gasteiger partial charge is 0.369 e. The van der Waals surface area contributed by atoms with Gasteiger partial charge in [0, 0.05) is 17.9 Å². The second-order valence-electron chi connectivity index (χ2n) is 4.41. The standard InChI is InChI=1S/C13H15ClFN5O/c14-10-4-3-8(6-11(10)15)20-13(21)17-5-1-2-9-7-18-12(16)19-9/h3-4,6-7H,1-2,5H2,(H3,16,18,19)(H2,17,20,21). The smallest absolute Gasteiger partial charge is 0.319 e. The van der Waals surface area contributed by atoms with Crippen LogP contribution < -0.4 is 16.4 Å². The fourth-order valence-corrected chi connectivity index (χ4v) is 1.85. The fourth-order valence-electron chi connectivity index (χ4n) is 1.73. The first kappa shape index (κ1) is 15.1. The molecule has 1 heterocycles. The second kappa shape index (κ2) is 6.94. The van der Waals surface area contributed by atoms with Crippen LogP contribution in [-0.4, -0.2) is 22.5 Å². The Morgan fingerprint density at radius 3 is 2.95 bits per heavy atom. The molecule has 0 unspecified atom stereocenters. The van der Waals surface area contributed by atoms with E-state index < -0.39 is 11.8 Å². The van der Waals surface area contributed by atoms with Crippen molar-refractivity contribution in [3.05, 3.63) is 40.9 Å². The van der Waals surface area contributed by atoms with E-state index >= 15 is 0 Å². The molecule has 0 atom stereocenters. The predicted octanol–water partition coefficient (Wildman–Crippen LogP) is 2.54. The molecule has 0 aliphatic rings. The van der Waals surface area contributed by atoms with Crippen molar-refractivity contribution < 1.29 is 9.18 Å². The van der Waals surface area contributed by atoms with Gasteiger partial charge in [-0.2, -0.15) is 0 Å². The predicted molar refractivity (Wildman–Crippen MR) is 79.8 cm³/mol. The molecule has 0 spiro atoms. The van der Waals surface area contributed by atoms with Crippen LogP contribution in [0.25, 0.3) is 0 Å². The van der Waals surface area contributed by atoms with E-state index in [-0.39, 0.29) is 5.02 Å². The molecule has 1 aromatic carbocycles. The average molecular weight is 312 g/mol. The highest BCUT2D eigenvalue weighted by molar-refractivity contribution is 6.30. The van der Waals surface area contributed by atoms with E-state index in [0.717, 1.165) is 24.6 Å². The normalized spacial score (nSPS) is 10.4. The van der Waals surface area contributed by atoms with E-state index in [1.165, 1.54) is 12.1 Å². The number of aromatic amines is 1. The second-order valence-corrected chi connectivity index (χ2v) is 4.81. The van der Waals surface area contributed by atoms with Crippen molar-refractivity contribution in [2.45, 2.75) is 12.8 Å². The van der Waals surface area contributed by atoms with Gasteiger partial charge in [0.05, 0.1) is 11.2 Å². The third-order valence-corrected chi connectivity index (χ3v) is 3.04. The minimum atomic E-state index is -0.577. The molecule has 6 nitrogen and oxygen atoms in total. The number of aryl methyl sites for hydroxylation is 1. The molecule has 112 valence electrons. The minimum absolute atomic E-state index is 0.0137. The van der Waals surface area contributed by atoms with E-state index in [1.807, 2.05) is 0 Å². The molecule has 21 heavy (non-hydrogen) atoms. The van der Waals surface area contributed by atoms with Crippen LogP contribution in [-0.2, 0) is 6.42 Å². The Balaban J connectivity index is 1.71. The zero-order chi connectivity index (χ0) is 15.2. The van der Waals surface area contributed by atoms with Gasteiger partial charge in [-0.05, 0) is 31.0 Å². The van der Waals surface area contributed by atoms with Gasteiger partial charge in [0.25, 0.3) is 0 Å². The SMILES string of the molecule is Nc1ncc(CCCNC(=O)Nc2ccc(Cl)c(F)c2)[nH]1. The maximum Gasteiger partial charge on any atom is 0.319 e. The average Bonchev–Trinajstić information content (AvgIpc) is 2.85. The van der Waals surface area contributed by atoms with Crippen molar-refractivity contribution in [1.29, 1.82) is 0 Å². The number of hydrogen-bond acceptors (Lipinski definition) is 3. The van der Waals surface area contributed by atoms with Crippen molar-refractivity contribution in [3.63, 3.8) is 0 Å². The number of nitrogens with one attached hydrogen (secondary N) is 3. The molecule has 0 saturated carbocycles. The van der Waals surface area contributed by atoms with Gasteiger partial charge in [0.1, 0.15) is 5.82 Å². The van der Waals surface area contributed by atoms with Crippen molar-refractivity contribution in [1.82, 2.24) is 15.3 Å². The van der Waals surface area contributed by atoms with Crippen LogP contribution in [0.15, 0.2) is 24.4 Å². The molecule has 0 aliphatic carbocycles. The van der Waals surface area contributed by atoms with Crippen LogP contribution in [0.5, 0.6) is 0 Å². The van der Waals surface area contributed by atoms with Gasteiger partial charge in [-0.15, -0.1) is 0 Å². The highest BCUT2D eigenvalue weighted by atomic mass is 35.5. The van der Waals surface area contributed by atoms with Gasteiger partial charge < -0.3 is 21.4 Å². The molecular weight excluding hydrogens is 297 g/mol. The van der Waals surface area contributed by atoms with Crippen molar-refractivity contribution in [3.8, 4) is 0 Å². The van der Waals surface area contributed by atoms with Crippen LogP contribution in [0.2, 0.25) is 5.02 Å². The summed E-state index contributed by atoms with van der Waals surface area (Å²) in [7, 11) is 0. The Labute approximate surface area is 125 Å². The lowest BCUT2D eigenvalue weighted by Gasteiger charge is -2.07. The Morgan fingerprint density at radius 2 is 2.29 bits per heavy atom. The summed E-state index contributed by atoms with van der Waals surface area (Å²) in [5.74, 6) is -0.202. The number of H-pyrrole nitrogens is 1. The quantitative estimate of drug-likeness (QED) is 0.639. The topological polar surface area (TPSA) is 95.8 Å². The molecule has 0 saturated heterocycles. The van der Waals surface area contributed by atoms with Crippen molar-refractivity contribution in [2.24, 2.45) is 0 Å². The molecular formula is C13H15ClFN5O. The lowest BCUT2D eigenvalue weighted by molar-refractivity contribution is 0.252. The van der Waals surface area contributed by atoms with E-state index in [2.05, 4.69) is 20.6 Å². The number of nitrogen functional groups attached to an aromatic ring is 1. The fraction of sp³-hybridized carbons (Fsp3) is 0.231. The zero-order valence-electron chi connectivity index (χ0n) is 11.1. The van der Waals surface area contributed by atoms with Crippen molar-refractivity contribution >= 4 is 29.3 Å². The number of carbonyl (C=O) groups excluding carboxylic acids is 1. The monoisotopic (exact) mass is 311 g/mol. The van der Waals surface area contributed by atoms with Crippen LogP contribution in [0.1, 0.15) is 12.1 Å². The Morgan fingerprint density at radius 1 is 1.48 bits per heavy atom. The van der Waals surface area contributed by atoms with Gasteiger partial charge in [-0.1, -0.05) is 11.6 Å². The highest BCUT2D eigenvalue weighted by Gasteiger charge is 2.05. The van der Waals surface area contributed by atoms with Crippen LogP contribution in [0.3, 0.4) is 0 Å². The number of rotatable bonds is 5. The molecule has 8 heteroatoms. The maximum atomic E-state index is 13.2. The molecule has 0 radical (unpaired) electrons.